The molecule has 8 nitrogen and oxygen atoms in total. The number of hydrogen-bond donors (Lipinski definition) is 0. The molecule has 0 unspecified atom stereocenters. The van der Waals surface area contributed by atoms with Crippen molar-refractivity contribution in [2.24, 2.45) is 0 Å². The van der Waals surface area contributed by atoms with E-state index in [2.05, 4.69) is 10.1 Å². The zero-order valence-electron chi connectivity index (χ0n) is 13.5. The Balaban J connectivity index is 1.70. The molecule has 0 aliphatic carbocycles. The number of nitro groups is 1. The third-order valence-electron chi connectivity index (χ3n) is 4.06. The van der Waals surface area contributed by atoms with E-state index in [1.54, 1.807) is 16.8 Å². The van der Waals surface area contributed by atoms with Gasteiger partial charge < -0.3 is 0 Å². The summed E-state index contributed by atoms with van der Waals surface area (Å²) in [5, 5.41) is 15.4. The highest BCUT2D eigenvalue weighted by atomic mass is 16.6. The molecule has 0 atom stereocenters. The molecule has 4 rings (SSSR count). The Morgan fingerprint density at radius 3 is 2.46 bits per heavy atom. The fourth-order valence-electron chi connectivity index (χ4n) is 2.74. The van der Waals surface area contributed by atoms with E-state index in [0.717, 1.165) is 11.3 Å². The molecule has 2 aromatic carbocycles. The van der Waals surface area contributed by atoms with Crippen molar-refractivity contribution in [3.8, 4) is 5.69 Å². The van der Waals surface area contributed by atoms with Crippen molar-refractivity contribution in [3.63, 3.8) is 0 Å². The van der Waals surface area contributed by atoms with Gasteiger partial charge in [0.05, 0.1) is 23.4 Å². The molecule has 0 aliphatic heterocycles. The van der Waals surface area contributed by atoms with E-state index < -0.39 is 4.92 Å². The van der Waals surface area contributed by atoms with E-state index in [1.807, 2.05) is 30.3 Å². The summed E-state index contributed by atoms with van der Waals surface area (Å²) in [4.78, 5) is 27.4. The minimum atomic E-state index is -0.457. The number of para-hydroxylation sites is 1. The molecular weight excluding hydrogens is 334 g/mol. The van der Waals surface area contributed by atoms with Gasteiger partial charge in [0.1, 0.15) is 11.7 Å². The predicted molar refractivity (Wildman–Crippen MR) is 95.3 cm³/mol. The van der Waals surface area contributed by atoms with Crippen LogP contribution in [0.2, 0.25) is 0 Å². The summed E-state index contributed by atoms with van der Waals surface area (Å²) in [5.74, 6) is 0. The van der Waals surface area contributed by atoms with Crippen LogP contribution in [0.3, 0.4) is 0 Å². The minimum Gasteiger partial charge on any atom is -0.294 e. The first-order chi connectivity index (χ1) is 12.6. The third-order valence-corrected chi connectivity index (χ3v) is 4.06. The van der Waals surface area contributed by atoms with Crippen molar-refractivity contribution in [3.05, 3.63) is 93.2 Å². The second kappa shape index (κ2) is 6.25. The van der Waals surface area contributed by atoms with Crippen LogP contribution in [0.5, 0.6) is 0 Å². The number of nitro benzene ring substituents is 1. The smallest absolute Gasteiger partial charge is 0.269 e. The van der Waals surface area contributed by atoms with E-state index in [4.69, 9.17) is 0 Å². The average molecular weight is 347 g/mol. The number of fused-ring (bicyclic) bond motifs is 1. The number of benzene rings is 2. The van der Waals surface area contributed by atoms with Crippen LogP contribution in [0, 0.1) is 10.1 Å². The largest absolute Gasteiger partial charge is 0.294 e. The molecule has 0 saturated carbocycles. The summed E-state index contributed by atoms with van der Waals surface area (Å²) >= 11 is 0. The van der Waals surface area contributed by atoms with Crippen LogP contribution in [0.1, 0.15) is 5.56 Å². The molecule has 4 aromatic rings. The summed E-state index contributed by atoms with van der Waals surface area (Å²) in [6.45, 7) is 0.274. The summed E-state index contributed by atoms with van der Waals surface area (Å²) in [6.07, 6.45) is 2.97. The van der Waals surface area contributed by atoms with Gasteiger partial charge in [0.2, 0.25) is 0 Å². The van der Waals surface area contributed by atoms with Crippen LogP contribution in [0.15, 0.2) is 71.9 Å². The van der Waals surface area contributed by atoms with Gasteiger partial charge in [-0.1, -0.05) is 30.3 Å². The van der Waals surface area contributed by atoms with Gasteiger partial charge >= 0.3 is 0 Å². The van der Waals surface area contributed by atoms with Crippen molar-refractivity contribution in [1.82, 2.24) is 19.3 Å². The van der Waals surface area contributed by atoms with Crippen LogP contribution >= 0.6 is 0 Å². The van der Waals surface area contributed by atoms with Crippen LogP contribution in [0.25, 0.3) is 16.7 Å². The Labute approximate surface area is 147 Å². The number of rotatable bonds is 4. The summed E-state index contributed by atoms with van der Waals surface area (Å²) in [6, 6.07) is 15.5. The van der Waals surface area contributed by atoms with E-state index in [-0.39, 0.29) is 17.8 Å². The van der Waals surface area contributed by atoms with Gasteiger partial charge in [-0.25, -0.2) is 9.67 Å². The van der Waals surface area contributed by atoms with E-state index in [0.29, 0.717) is 11.0 Å². The molecule has 0 amide bonds. The lowest BCUT2D eigenvalue weighted by Gasteiger charge is -2.06. The molecule has 0 saturated heterocycles. The Morgan fingerprint density at radius 1 is 1.04 bits per heavy atom. The first-order valence-corrected chi connectivity index (χ1v) is 7.85. The van der Waals surface area contributed by atoms with Gasteiger partial charge in [0.15, 0.2) is 5.65 Å². The van der Waals surface area contributed by atoms with Gasteiger partial charge in [0, 0.05) is 12.1 Å². The third kappa shape index (κ3) is 2.73. The van der Waals surface area contributed by atoms with Gasteiger partial charge in [-0.2, -0.15) is 5.10 Å². The lowest BCUT2D eigenvalue weighted by atomic mass is 10.2. The molecule has 128 valence electrons. The van der Waals surface area contributed by atoms with Crippen molar-refractivity contribution in [2.45, 2.75) is 6.54 Å². The molecule has 0 fully saturated rings. The average Bonchev–Trinajstić information content (AvgIpc) is 3.10. The fraction of sp³-hybridized carbons (Fsp3) is 0.0556. The number of aromatic nitrogens is 4. The Hall–Kier alpha value is -3.81. The van der Waals surface area contributed by atoms with Crippen molar-refractivity contribution in [1.29, 1.82) is 0 Å². The molecule has 8 heteroatoms. The summed E-state index contributed by atoms with van der Waals surface area (Å²) in [5.41, 5.74) is 1.88. The molecule has 0 N–H and O–H groups in total. The Bertz CT molecular complexity index is 1150. The van der Waals surface area contributed by atoms with Gasteiger partial charge in [-0.15, -0.1) is 0 Å². The molecule has 26 heavy (non-hydrogen) atoms. The molecule has 0 bridgehead atoms. The van der Waals surface area contributed by atoms with Crippen molar-refractivity contribution >= 4 is 16.7 Å². The highest BCUT2D eigenvalue weighted by Crippen LogP contribution is 2.15. The van der Waals surface area contributed by atoms with E-state index in [9.17, 15) is 14.9 Å². The number of hydrogen-bond acceptors (Lipinski definition) is 5. The maximum Gasteiger partial charge on any atom is 0.269 e. The van der Waals surface area contributed by atoms with Gasteiger partial charge in [-0.05, 0) is 17.7 Å². The van der Waals surface area contributed by atoms with Crippen LogP contribution in [-0.4, -0.2) is 24.3 Å². The number of non-ortho nitro benzene ring substituents is 1. The van der Waals surface area contributed by atoms with E-state index in [1.165, 1.54) is 29.2 Å². The second-order valence-electron chi connectivity index (χ2n) is 5.73. The van der Waals surface area contributed by atoms with Gasteiger partial charge in [0.25, 0.3) is 11.2 Å². The highest BCUT2D eigenvalue weighted by molar-refractivity contribution is 5.74. The Morgan fingerprint density at radius 2 is 1.77 bits per heavy atom. The highest BCUT2D eigenvalue weighted by Gasteiger charge is 2.12. The first-order valence-electron chi connectivity index (χ1n) is 7.85. The molecule has 2 heterocycles. The molecular formula is C18H13N5O3. The monoisotopic (exact) mass is 347 g/mol. The van der Waals surface area contributed by atoms with Gasteiger partial charge in [-0.3, -0.25) is 19.5 Å². The number of nitrogens with zero attached hydrogens (tertiary/aromatic N) is 5. The maximum absolute atomic E-state index is 12.7. The Kier molecular flexibility index (Phi) is 3.77. The fourth-order valence-corrected chi connectivity index (χ4v) is 2.74. The minimum absolute atomic E-state index is 0.0128. The lowest BCUT2D eigenvalue weighted by Crippen LogP contribution is -2.21. The topological polar surface area (TPSA) is 95.8 Å². The quantitative estimate of drug-likeness (QED) is 0.417. The SMILES string of the molecule is O=c1c2cnn(-c3ccccc3)c2ncn1Cc1ccc([N+](=O)[O-])cc1. The predicted octanol–water partition coefficient (Wildman–Crippen LogP) is 2.54. The normalized spacial score (nSPS) is 10.9. The zero-order chi connectivity index (χ0) is 18.1. The molecule has 2 aromatic heterocycles. The molecule has 0 spiro atoms. The van der Waals surface area contributed by atoms with Crippen LogP contribution in [-0.2, 0) is 6.54 Å². The van der Waals surface area contributed by atoms with Crippen molar-refractivity contribution < 1.29 is 4.92 Å². The maximum atomic E-state index is 12.7. The second-order valence-corrected chi connectivity index (χ2v) is 5.73. The zero-order valence-corrected chi connectivity index (χ0v) is 13.5. The van der Waals surface area contributed by atoms with Crippen LogP contribution < -0.4 is 5.56 Å². The standard InChI is InChI=1S/C18H13N5O3/c24-18-16-10-20-22(14-4-2-1-3-5-14)17(16)19-12-21(18)11-13-6-8-15(9-7-13)23(25)26/h1-10,12H,11H2. The van der Waals surface area contributed by atoms with E-state index >= 15 is 0 Å². The lowest BCUT2D eigenvalue weighted by molar-refractivity contribution is -0.384. The van der Waals surface area contributed by atoms with Crippen LogP contribution in [0.4, 0.5) is 5.69 Å². The summed E-state index contributed by atoms with van der Waals surface area (Å²) < 4.78 is 3.08. The molecule has 0 aliphatic rings. The summed E-state index contributed by atoms with van der Waals surface area (Å²) in [7, 11) is 0. The molecule has 0 radical (unpaired) electrons. The first kappa shape index (κ1) is 15.7. The van der Waals surface area contributed by atoms with Crippen molar-refractivity contribution in [2.75, 3.05) is 0 Å².